The number of methoxy groups -OCH3 is 2. The van der Waals surface area contributed by atoms with Gasteiger partial charge < -0.3 is 43.2 Å². The lowest BCUT2D eigenvalue weighted by Gasteiger charge is -2.58. The summed E-state index contributed by atoms with van der Waals surface area (Å²) in [6.07, 6.45) is -8.82. The van der Waals surface area contributed by atoms with Gasteiger partial charge in [0.25, 0.3) is 6.48 Å². The lowest BCUT2D eigenvalue weighted by molar-refractivity contribution is -0.489. The lowest BCUT2D eigenvalue weighted by atomic mass is 9.82. The van der Waals surface area contributed by atoms with Crippen LogP contribution in [0, 0.1) is 0 Å². The Labute approximate surface area is 228 Å². The van der Waals surface area contributed by atoms with Crippen molar-refractivity contribution in [1.29, 1.82) is 0 Å². The summed E-state index contributed by atoms with van der Waals surface area (Å²) in [5, 5.41) is 1.80. The van der Waals surface area contributed by atoms with Crippen LogP contribution in [0.25, 0.3) is 0 Å². The Balaban J connectivity index is 1.29. The van der Waals surface area contributed by atoms with Gasteiger partial charge in [-0.1, -0.05) is 24.3 Å². The van der Waals surface area contributed by atoms with Gasteiger partial charge in [-0.25, -0.2) is 0 Å². The molecule has 1 amide bonds. The van der Waals surface area contributed by atoms with E-state index in [2.05, 4.69) is 0 Å². The number of alkyl halides is 3. The van der Waals surface area contributed by atoms with Gasteiger partial charge in [-0.3, -0.25) is 4.79 Å². The molecule has 6 rings (SSSR count). The zero-order valence-electron chi connectivity index (χ0n) is 21.8. The van der Waals surface area contributed by atoms with E-state index in [1.54, 1.807) is 19.5 Å². The van der Waals surface area contributed by atoms with E-state index in [1.807, 2.05) is 48.5 Å². The van der Waals surface area contributed by atoms with Gasteiger partial charge in [0.1, 0.15) is 48.1 Å². The quantitative estimate of drug-likeness (QED) is 0.387. The third-order valence-corrected chi connectivity index (χ3v) is 6.91. The second-order valence-electron chi connectivity index (χ2n) is 9.43. The van der Waals surface area contributed by atoms with E-state index in [0.29, 0.717) is 11.5 Å². The first-order valence-corrected chi connectivity index (χ1v) is 12.7. The predicted molar refractivity (Wildman–Crippen MR) is 130 cm³/mol. The van der Waals surface area contributed by atoms with Crippen LogP contribution in [0.2, 0.25) is 0 Å². The molecule has 0 spiro atoms. The fourth-order valence-corrected chi connectivity index (χ4v) is 4.92. The Morgan fingerprint density at radius 3 is 1.57 bits per heavy atom. The van der Waals surface area contributed by atoms with Crippen LogP contribution in [0.5, 0.6) is 11.5 Å². The maximum atomic E-state index is 12.5. The molecule has 4 fully saturated rings. The molecule has 10 nitrogen and oxygen atoms in total. The molecule has 5 unspecified atom stereocenters. The van der Waals surface area contributed by atoms with E-state index < -0.39 is 55.2 Å². The van der Waals surface area contributed by atoms with Gasteiger partial charge in [0.2, 0.25) is 0 Å². The molecule has 40 heavy (non-hydrogen) atoms. The summed E-state index contributed by atoms with van der Waals surface area (Å²) in [6, 6.07) is 14.8. The number of nitrogens with one attached hydrogen (secondary N) is 1. The third kappa shape index (κ3) is 6.35. The molecule has 0 radical (unpaired) electrons. The number of amides is 1. The van der Waals surface area contributed by atoms with Crippen molar-refractivity contribution in [2.75, 3.05) is 27.4 Å². The number of halogens is 3. The Kier molecular flexibility index (Phi) is 8.78. The minimum atomic E-state index is -4.98. The van der Waals surface area contributed by atoms with Gasteiger partial charge in [0, 0.05) is 6.54 Å². The SMILES string of the molecule is COc1ccc(CO[C@@H]2C3OC4OC(C3OCCNC(=O)C(F)(F)F)[C@H](OCc3ccc(OC)cc3)C2O4)cc1. The van der Waals surface area contributed by atoms with Crippen molar-refractivity contribution < 1.29 is 55.9 Å². The molecule has 13 heteroatoms. The molecule has 3 saturated heterocycles. The van der Waals surface area contributed by atoms with Gasteiger partial charge in [-0.15, -0.1) is 0 Å². The van der Waals surface area contributed by atoms with Crippen LogP contribution in [0.3, 0.4) is 0 Å². The molecule has 2 aromatic carbocycles. The largest absolute Gasteiger partial charge is 0.497 e. The molecule has 218 valence electrons. The zero-order chi connectivity index (χ0) is 28.3. The number of carbonyl (C=O) groups excluding carboxylic acids is 1. The van der Waals surface area contributed by atoms with Crippen molar-refractivity contribution in [3.05, 3.63) is 59.7 Å². The average Bonchev–Trinajstić information content (AvgIpc) is 2.95. The molecule has 2 aromatic rings. The van der Waals surface area contributed by atoms with E-state index in [9.17, 15) is 18.0 Å². The normalized spacial score (nSPS) is 28.9. The molecule has 3 aliphatic heterocycles. The molecular weight excluding hydrogens is 539 g/mol. The summed E-state index contributed by atoms with van der Waals surface area (Å²) in [7, 11) is 3.16. The molecule has 0 aromatic heterocycles. The maximum absolute atomic E-state index is 12.5. The Bertz CT molecular complexity index is 1060. The standard InChI is InChI=1S/C27H30F3NO9/c1-33-17-7-3-15(4-8-17)13-36-20-22-19(35-12-11-31-25(32)27(28,29)30)23-21(24(20)40-26(38-22)39-23)37-14-16-5-9-18(34-2)10-6-16/h3-10,19-24,26H,11-14H2,1-2H3,(H,31,32)/t19?,20-,21+,22?,23?,24?,26?. The Morgan fingerprint density at radius 1 is 0.750 bits per heavy atom. The highest BCUT2D eigenvalue weighted by Gasteiger charge is 2.63. The van der Waals surface area contributed by atoms with Crippen LogP contribution < -0.4 is 14.8 Å². The first-order chi connectivity index (χ1) is 19.3. The second kappa shape index (κ2) is 12.3. The summed E-state index contributed by atoms with van der Waals surface area (Å²) in [6.45, 7) is -1.06. The molecule has 1 N–H and O–H groups in total. The van der Waals surface area contributed by atoms with Gasteiger partial charge in [-0.05, 0) is 35.4 Å². The van der Waals surface area contributed by atoms with Crippen molar-refractivity contribution in [3.8, 4) is 11.5 Å². The molecule has 1 aliphatic carbocycles. The highest BCUT2D eigenvalue weighted by atomic mass is 19.4. The minimum absolute atomic E-state index is 0.210. The molecule has 4 bridgehead atoms. The number of carbonyl (C=O) groups is 1. The van der Waals surface area contributed by atoms with Crippen molar-refractivity contribution >= 4 is 5.91 Å². The number of rotatable bonds is 12. The van der Waals surface area contributed by atoms with Gasteiger partial charge >= 0.3 is 12.1 Å². The van der Waals surface area contributed by atoms with Gasteiger partial charge in [-0.2, -0.15) is 13.2 Å². The number of benzene rings is 2. The Morgan fingerprint density at radius 2 is 1.18 bits per heavy atom. The maximum Gasteiger partial charge on any atom is 0.471 e. The van der Waals surface area contributed by atoms with Crippen LogP contribution in [-0.2, 0) is 46.4 Å². The summed E-state index contributed by atoms with van der Waals surface area (Å²) < 4.78 is 84.3. The second-order valence-corrected chi connectivity index (χ2v) is 9.43. The summed E-state index contributed by atoms with van der Waals surface area (Å²) >= 11 is 0. The lowest BCUT2D eigenvalue weighted by Crippen LogP contribution is -2.76. The van der Waals surface area contributed by atoms with E-state index >= 15 is 0 Å². The third-order valence-electron chi connectivity index (χ3n) is 6.91. The monoisotopic (exact) mass is 569 g/mol. The molecule has 3 heterocycles. The topological polar surface area (TPSA) is 103 Å². The minimum Gasteiger partial charge on any atom is -0.497 e. The van der Waals surface area contributed by atoms with Crippen LogP contribution in [0.15, 0.2) is 48.5 Å². The molecule has 7 atom stereocenters. The fourth-order valence-electron chi connectivity index (χ4n) is 4.92. The number of ether oxygens (including phenoxy) is 8. The highest BCUT2D eigenvalue weighted by molar-refractivity contribution is 5.81. The fraction of sp³-hybridized carbons (Fsp3) is 0.519. The summed E-state index contributed by atoms with van der Waals surface area (Å²) in [5.41, 5.74) is 1.77. The van der Waals surface area contributed by atoms with Crippen LogP contribution in [0.4, 0.5) is 13.2 Å². The van der Waals surface area contributed by atoms with Crippen molar-refractivity contribution in [1.82, 2.24) is 5.32 Å². The van der Waals surface area contributed by atoms with E-state index in [1.165, 1.54) is 0 Å². The first kappa shape index (κ1) is 28.6. The van der Waals surface area contributed by atoms with Gasteiger partial charge in [0.05, 0.1) is 34.0 Å². The first-order valence-electron chi connectivity index (χ1n) is 12.7. The van der Waals surface area contributed by atoms with Gasteiger partial charge in [0.15, 0.2) is 0 Å². The number of hydrogen-bond donors (Lipinski definition) is 1. The van der Waals surface area contributed by atoms with Crippen LogP contribution in [-0.4, -0.2) is 82.6 Å². The van der Waals surface area contributed by atoms with Crippen LogP contribution in [0.1, 0.15) is 11.1 Å². The van der Waals surface area contributed by atoms with Crippen molar-refractivity contribution in [2.24, 2.45) is 0 Å². The van der Waals surface area contributed by atoms with E-state index in [-0.39, 0.29) is 26.4 Å². The number of hydrogen-bond acceptors (Lipinski definition) is 9. The van der Waals surface area contributed by atoms with Crippen molar-refractivity contribution in [3.63, 3.8) is 0 Å². The molecule has 1 saturated carbocycles. The van der Waals surface area contributed by atoms with Crippen molar-refractivity contribution in [2.45, 2.75) is 62.5 Å². The average molecular weight is 570 g/mol. The molecular formula is C27H30F3NO9. The van der Waals surface area contributed by atoms with Crippen LogP contribution >= 0.6 is 0 Å². The van der Waals surface area contributed by atoms with E-state index in [0.717, 1.165) is 11.1 Å². The Hall–Kier alpha value is -2.94. The summed E-state index contributed by atoms with van der Waals surface area (Å²) in [5.74, 6) is -0.621. The highest BCUT2D eigenvalue weighted by Crippen LogP contribution is 2.44. The summed E-state index contributed by atoms with van der Waals surface area (Å²) in [4.78, 5) is 11.2. The van der Waals surface area contributed by atoms with E-state index in [4.69, 9.17) is 37.9 Å². The molecule has 4 aliphatic rings. The predicted octanol–water partition coefficient (Wildman–Crippen LogP) is 2.72. The smallest absolute Gasteiger partial charge is 0.471 e. The zero-order valence-corrected chi connectivity index (χ0v) is 21.8.